The van der Waals surface area contributed by atoms with Gasteiger partial charge in [-0.1, -0.05) is 29.8 Å². The van der Waals surface area contributed by atoms with Crippen molar-refractivity contribution in [1.82, 2.24) is 0 Å². The summed E-state index contributed by atoms with van der Waals surface area (Å²) < 4.78 is 0. The largest absolute Gasteiger partial charge is 0.318 e. The van der Waals surface area contributed by atoms with Gasteiger partial charge in [0.25, 0.3) is 0 Å². The summed E-state index contributed by atoms with van der Waals surface area (Å²) in [4.78, 5) is 35.6. The Kier molecular flexibility index (Phi) is 5.14. The van der Waals surface area contributed by atoms with Crippen LogP contribution in [0.4, 0.5) is 11.4 Å². The first-order valence-electron chi connectivity index (χ1n) is 7.59. The lowest BCUT2D eigenvalue weighted by atomic mass is 10.1. The number of carbonyl (C=O) groups excluding carboxylic acids is 3. The van der Waals surface area contributed by atoms with Crippen molar-refractivity contribution in [1.29, 1.82) is 0 Å². The second-order valence-corrected chi connectivity index (χ2v) is 5.82. The van der Waals surface area contributed by atoms with E-state index in [0.29, 0.717) is 16.9 Å². The molecule has 0 aliphatic rings. The highest BCUT2D eigenvalue weighted by Gasteiger charge is 2.16. The molecule has 0 heterocycles. The molecule has 0 saturated heterocycles. The van der Waals surface area contributed by atoms with Crippen LogP contribution in [0.25, 0.3) is 0 Å². The fourth-order valence-electron chi connectivity index (χ4n) is 2.55. The predicted molar refractivity (Wildman–Crippen MR) is 94.4 cm³/mol. The second kappa shape index (κ2) is 7.08. The van der Waals surface area contributed by atoms with Gasteiger partial charge in [-0.3, -0.25) is 14.4 Å². The molecule has 0 aliphatic carbocycles. The molecule has 5 nitrogen and oxygen atoms in total. The van der Waals surface area contributed by atoms with Gasteiger partial charge in [-0.15, -0.1) is 0 Å². The molecule has 2 rings (SSSR count). The van der Waals surface area contributed by atoms with E-state index in [0.717, 1.165) is 16.7 Å². The lowest BCUT2D eigenvalue weighted by molar-refractivity contribution is -0.133. The van der Waals surface area contributed by atoms with Crippen LogP contribution >= 0.6 is 0 Å². The summed E-state index contributed by atoms with van der Waals surface area (Å²) in [6.07, 6.45) is 0. The van der Waals surface area contributed by atoms with E-state index in [1.807, 2.05) is 32.9 Å². The number of anilines is 2. The molecule has 0 bridgehead atoms. The molecule has 0 radical (unpaired) electrons. The van der Waals surface area contributed by atoms with Gasteiger partial charge in [0.2, 0.25) is 0 Å². The SMILES string of the molecule is CC(=O)c1cccc(NC(=O)C(=O)Nc2c(C)cc(C)cc2C)c1. The van der Waals surface area contributed by atoms with Crippen LogP contribution in [0, 0.1) is 20.8 Å². The van der Waals surface area contributed by atoms with Crippen molar-refractivity contribution in [2.75, 3.05) is 10.6 Å². The molecule has 2 aromatic rings. The molecule has 0 aromatic heterocycles. The molecule has 2 N–H and O–H groups in total. The summed E-state index contributed by atoms with van der Waals surface area (Å²) >= 11 is 0. The predicted octanol–water partition coefficient (Wildman–Crippen LogP) is 3.39. The fourth-order valence-corrected chi connectivity index (χ4v) is 2.55. The van der Waals surface area contributed by atoms with Gasteiger partial charge in [-0.25, -0.2) is 0 Å². The van der Waals surface area contributed by atoms with E-state index in [-0.39, 0.29) is 5.78 Å². The van der Waals surface area contributed by atoms with Gasteiger partial charge in [-0.05, 0) is 51.0 Å². The van der Waals surface area contributed by atoms with Gasteiger partial charge < -0.3 is 10.6 Å². The minimum absolute atomic E-state index is 0.110. The summed E-state index contributed by atoms with van der Waals surface area (Å²) in [5.74, 6) is -1.64. The Labute approximate surface area is 141 Å². The molecule has 24 heavy (non-hydrogen) atoms. The zero-order valence-corrected chi connectivity index (χ0v) is 14.2. The number of Topliss-reactive ketones (excluding diaryl/α,β-unsaturated/α-hetero) is 1. The van der Waals surface area contributed by atoms with Gasteiger partial charge in [-0.2, -0.15) is 0 Å². The number of hydrogen-bond donors (Lipinski definition) is 2. The summed E-state index contributed by atoms with van der Waals surface area (Å²) in [6.45, 7) is 7.17. The van der Waals surface area contributed by atoms with E-state index < -0.39 is 11.8 Å². The molecule has 124 valence electrons. The normalized spacial score (nSPS) is 10.2. The molecular formula is C19H20N2O3. The number of aryl methyl sites for hydroxylation is 3. The third kappa shape index (κ3) is 4.07. The Hall–Kier alpha value is -2.95. The molecule has 2 aromatic carbocycles. The Morgan fingerprint density at radius 3 is 2.00 bits per heavy atom. The molecular weight excluding hydrogens is 304 g/mol. The van der Waals surface area contributed by atoms with Gasteiger partial charge in [0.05, 0.1) is 0 Å². The first kappa shape index (κ1) is 17.4. The van der Waals surface area contributed by atoms with Gasteiger partial charge in [0, 0.05) is 16.9 Å². The average Bonchev–Trinajstić information content (AvgIpc) is 2.50. The maximum atomic E-state index is 12.1. The third-order valence-electron chi connectivity index (χ3n) is 3.65. The number of amides is 2. The van der Waals surface area contributed by atoms with Crippen LogP contribution in [0.1, 0.15) is 34.0 Å². The van der Waals surface area contributed by atoms with E-state index in [1.165, 1.54) is 13.0 Å². The van der Waals surface area contributed by atoms with Crippen LogP contribution in [0.5, 0.6) is 0 Å². The standard InChI is InChI=1S/C19H20N2O3/c1-11-8-12(2)17(13(3)9-11)21-19(24)18(23)20-16-7-5-6-15(10-16)14(4)22/h5-10H,1-4H3,(H,20,23)(H,21,24). The van der Waals surface area contributed by atoms with E-state index >= 15 is 0 Å². The molecule has 0 spiro atoms. The van der Waals surface area contributed by atoms with Gasteiger partial charge in [0.1, 0.15) is 0 Å². The highest BCUT2D eigenvalue weighted by Crippen LogP contribution is 2.22. The lowest BCUT2D eigenvalue weighted by Crippen LogP contribution is -2.29. The van der Waals surface area contributed by atoms with Gasteiger partial charge >= 0.3 is 11.8 Å². The zero-order chi connectivity index (χ0) is 17.9. The Balaban J connectivity index is 2.12. The monoisotopic (exact) mass is 324 g/mol. The first-order chi connectivity index (χ1) is 11.3. The van der Waals surface area contributed by atoms with E-state index in [9.17, 15) is 14.4 Å². The second-order valence-electron chi connectivity index (χ2n) is 5.82. The van der Waals surface area contributed by atoms with Crippen LogP contribution in [0.15, 0.2) is 36.4 Å². The van der Waals surface area contributed by atoms with Crippen molar-refractivity contribution in [3.8, 4) is 0 Å². The number of carbonyl (C=O) groups is 3. The van der Waals surface area contributed by atoms with Crippen LogP contribution < -0.4 is 10.6 Å². The molecule has 2 amide bonds. The molecule has 0 atom stereocenters. The van der Waals surface area contributed by atoms with Crippen molar-refractivity contribution in [3.63, 3.8) is 0 Å². The first-order valence-corrected chi connectivity index (χ1v) is 7.59. The minimum atomic E-state index is -0.782. The Bertz CT molecular complexity index is 802. The van der Waals surface area contributed by atoms with Crippen LogP contribution in [-0.4, -0.2) is 17.6 Å². The van der Waals surface area contributed by atoms with Crippen molar-refractivity contribution < 1.29 is 14.4 Å². The quantitative estimate of drug-likeness (QED) is 0.671. The highest BCUT2D eigenvalue weighted by molar-refractivity contribution is 6.43. The maximum absolute atomic E-state index is 12.1. The van der Waals surface area contributed by atoms with E-state index in [4.69, 9.17) is 0 Å². The topological polar surface area (TPSA) is 75.3 Å². The highest BCUT2D eigenvalue weighted by atomic mass is 16.2. The fraction of sp³-hybridized carbons (Fsp3) is 0.211. The average molecular weight is 324 g/mol. The molecule has 0 fully saturated rings. The third-order valence-corrected chi connectivity index (χ3v) is 3.65. The van der Waals surface area contributed by atoms with E-state index in [1.54, 1.807) is 18.2 Å². The lowest BCUT2D eigenvalue weighted by Gasteiger charge is -2.13. The summed E-state index contributed by atoms with van der Waals surface area (Å²) in [5.41, 5.74) is 4.39. The molecule has 0 aliphatic heterocycles. The van der Waals surface area contributed by atoms with Crippen LogP contribution in [0.3, 0.4) is 0 Å². The number of nitrogens with one attached hydrogen (secondary N) is 2. The molecule has 0 unspecified atom stereocenters. The minimum Gasteiger partial charge on any atom is -0.318 e. The molecule has 5 heteroatoms. The number of benzene rings is 2. The maximum Gasteiger partial charge on any atom is 0.314 e. The Morgan fingerprint density at radius 1 is 0.833 bits per heavy atom. The summed E-state index contributed by atoms with van der Waals surface area (Å²) in [5, 5.41) is 5.15. The van der Waals surface area contributed by atoms with Crippen LogP contribution in [0.2, 0.25) is 0 Å². The smallest absolute Gasteiger partial charge is 0.314 e. The number of rotatable bonds is 3. The number of hydrogen-bond acceptors (Lipinski definition) is 3. The zero-order valence-electron chi connectivity index (χ0n) is 14.2. The summed E-state index contributed by atoms with van der Waals surface area (Å²) in [6, 6.07) is 10.3. The van der Waals surface area contributed by atoms with Crippen molar-refractivity contribution in [3.05, 3.63) is 58.7 Å². The van der Waals surface area contributed by atoms with Crippen molar-refractivity contribution >= 4 is 29.0 Å². The van der Waals surface area contributed by atoms with Crippen molar-refractivity contribution in [2.24, 2.45) is 0 Å². The van der Waals surface area contributed by atoms with Crippen LogP contribution in [-0.2, 0) is 9.59 Å². The van der Waals surface area contributed by atoms with Crippen molar-refractivity contribution in [2.45, 2.75) is 27.7 Å². The Morgan fingerprint density at radius 2 is 1.42 bits per heavy atom. The number of ketones is 1. The molecule has 0 saturated carbocycles. The summed E-state index contributed by atoms with van der Waals surface area (Å²) in [7, 11) is 0. The van der Waals surface area contributed by atoms with E-state index in [2.05, 4.69) is 10.6 Å². The van der Waals surface area contributed by atoms with Gasteiger partial charge in [0.15, 0.2) is 5.78 Å².